The second-order valence-corrected chi connectivity index (χ2v) is 6.30. The van der Waals surface area contributed by atoms with Gasteiger partial charge in [-0.25, -0.2) is 9.78 Å². The summed E-state index contributed by atoms with van der Waals surface area (Å²) < 4.78 is 0. The number of nitrogens with two attached hydrogens (primary N) is 1. The molecular formula is C14H23N5O5S. The van der Waals surface area contributed by atoms with E-state index in [1.807, 2.05) is 6.26 Å². The second-order valence-electron chi connectivity index (χ2n) is 5.31. The Balaban J connectivity index is 2.63. The van der Waals surface area contributed by atoms with Crippen molar-refractivity contribution in [2.24, 2.45) is 5.73 Å². The van der Waals surface area contributed by atoms with Crippen LogP contribution in [-0.2, 0) is 20.8 Å². The Morgan fingerprint density at radius 3 is 2.52 bits per heavy atom. The highest BCUT2D eigenvalue weighted by atomic mass is 32.2. The van der Waals surface area contributed by atoms with E-state index >= 15 is 0 Å². The van der Waals surface area contributed by atoms with Gasteiger partial charge in [-0.05, 0) is 18.4 Å². The highest BCUT2D eigenvalue weighted by Crippen LogP contribution is 2.01. The van der Waals surface area contributed by atoms with Crippen molar-refractivity contribution in [1.82, 2.24) is 20.6 Å². The minimum atomic E-state index is -1.28. The number of carboxylic acids is 1. The van der Waals surface area contributed by atoms with Gasteiger partial charge in [-0.2, -0.15) is 11.8 Å². The van der Waals surface area contributed by atoms with Gasteiger partial charge >= 0.3 is 5.97 Å². The van der Waals surface area contributed by atoms with Gasteiger partial charge in [0.1, 0.15) is 12.1 Å². The van der Waals surface area contributed by atoms with Crippen LogP contribution >= 0.6 is 11.8 Å². The fourth-order valence-electron chi connectivity index (χ4n) is 1.94. The number of aliphatic hydroxyl groups excluding tert-OH is 1. The quantitative estimate of drug-likeness (QED) is 0.261. The molecular weight excluding hydrogens is 350 g/mol. The number of aliphatic hydroxyl groups is 1. The maximum absolute atomic E-state index is 12.2. The number of nitrogens with one attached hydrogen (secondary N) is 3. The predicted octanol–water partition coefficient (Wildman–Crippen LogP) is -1.92. The first-order valence-corrected chi connectivity index (χ1v) is 8.94. The standard InChI is InChI=1S/C14H23N5O5S/c1-25-3-2-9(15)12(21)19-11(6-20)13(22)18-10(14(23)24)4-8-5-16-7-17-8/h5,7,9-11,20H,2-4,6,15H2,1H3,(H,16,17)(H,18,22)(H,19,21)(H,23,24)/t9-,10-,11-/m0/s1. The Hall–Kier alpha value is -2.11. The molecule has 0 aliphatic heterocycles. The van der Waals surface area contributed by atoms with Crippen LogP contribution in [0.3, 0.4) is 0 Å². The van der Waals surface area contributed by atoms with Crippen molar-refractivity contribution in [3.05, 3.63) is 18.2 Å². The molecule has 0 saturated carbocycles. The molecule has 1 aromatic heterocycles. The van der Waals surface area contributed by atoms with E-state index < -0.39 is 42.5 Å². The van der Waals surface area contributed by atoms with E-state index in [4.69, 9.17) is 5.73 Å². The van der Waals surface area contributed by atoms with Gasteiger partial charge in [0.15, 0.2) is 0 Å². The third kappa shape index (κ3) is 7.11. The molecule has 7 N–H and O–H groups in total. The highest BCUT2D eigenvalue weighted by molar-refractivity contribution is 7.98. The Kier molecular flexibility index (Phi) is 8.95. The number of rotatable bonds is 11. The zero-order valence-electron chi connectivity index (χ0n) is 13.8. The molecule has 0 aliphatic carbocycles. The number of nitrogens with zero attached hydrogens (tertiary/aromatic N) is 1. The number of hydrogen-bond donors (Lipinski definition) is 6. The minimum Gasteiger partial charge on any atom is -0.480 e. The summed E-state index contributed by atoms with van der Waals surface area (Å²) in [6.07, 6.45) is 5.12. The van der Waals surface area contributed by atoms with Crippen LogP contribution < -0.4 is 16.4 Å². The van der Waals surface area contributed by atoms with Crippen molar-refractivity contribution < 1.29 is 24.6 Å². The molecule has 0 aromatic carbocycles. The lowest BCUT2D eigenvalue weighted by molar-refractivity contribution is -0.142. The van der Waals surface area contributed by atoms with Crippen LogP contribution in [0.2, 0.25) is 0 Å². The topological polar surface area (TPSA) is 170 Å². The fourth-order valence-corrected chi connectivity index (χ4v) is 2.43. The molecule has 0 spiro atoms. The predicted molar refractivity (Wildman–Crippen MR) is 91.8 cm³/mol. The summed E-state index contributed by atoms with van der Waals surface area (Å²) in [5, 5.41) is 23.2. The Labute approximate surface area is 149 Å². The van der Waals surface area contributed by atoms with Crippen molar-refractivity contribution in [3.63, 3.8) is 0 Å². The van der Waals surface area contributed by atoms with E-state index in [0.717, 1.165) is 0 Å². The number of imidazole rings is 1. The average molecular weight is 373 g/mol. The van der Waals surface area contributed by atoms with Crippen LogP contribution in [0.25, 0.3) is 0 Å². The van der Waals surface area contributed by atoms with E-state index in [-0.39, 0.29) is 6.42 Å². The van der Waals surface area contributed by atoms with Gasteiger partial charge in [0.05, 0.1) is 19.0 Å². The third-order valence-corrected chi connectivity index (χ3v) is 4.02. The molecule has 0 saturated heterocycles. The first kappa shape index (κ1) is 20.9. The van der Waals surface area contributed by atoms with Crippen molar-refractivity contribution in [3.8, 4) is 0 Å². The van der Waals surface area contributed by atoms with Gasteiger partial charge in [-0.3, -0.25) is 9.59 Å². The number of carboxylic acid groups (broad SMARTS) is 1. The summed E-state index contributed by atoms with van der Waals surface area (Å²) in [4.78, 5) is 41.9. The maximum Gasteiger partial charge on any atom is 0.326 e. The first-order chi connectivity index (χ1) is 11.9. The van der Waals surface area contributed by atoms with E-state index in [1.165, 1.54) is 24.3 Å². The van der Waals surface area contributed by atoms with E-state index in [9.17, 15) is 24.6 Å². The number of H-pyrrole nitrogens is 1. The van der Waals surface area contributed by atoms with Crippen LogP contribution in [0, 0.1) is 0 Å². The lowest BCUT2D eigenvalue weighted by atomic mass is 10.1. The maximum atomic E-state index is 12.2. The summed E-state index contributed by atoms with van der Waals surface area (Å²) in [6.45, 7) is -0.677. The van der Waals surface area contributed by atoms with Crippen molar-refractivity contribution in [1.29, 1.82) is 0 Å². The molecule has 1 aromatic rings. The Morgan fingerprint density at radius 1 is 1.32 bits per heavy atom. The molecule has 10 nitrogen and oxygen atoms in total. The highest BCUT2D eigenvalue weighted by Gasteiger charge is 2.27. The number of hydrogen-bond acceptors (Lipinski definition) is 7. The van der Waals surface area contributed by atoms with Crippen molar-refractivity contribution >= 4 is 29.5 Å². The lowest BCUT2D eigenvalue weighted by Gasteiger charge is -2.21. The SMILES string of the molecule is CSCC[C@H](N)C(=O)N[C@@H](CO)C(=O)N[C@@H](Cc1cnc[nH]1)C(=O)O. The van der Waals surface area contributed by atoms with E-state index in [1.54, 1.807) is 0 Å². The summed E-state index contributed by atoms with van der Waals surface area (Å²) in [5.74, 6) is -1.96. The van der Waals surface area contributed by atoms with Gasteiger partial charge in [0.2, 0.25) is 11.8 Å². The number of aromatic nitrogens is 2. The summed E-state index contributed by atoms with van der Waals surface area (Å²) in [6, 6.07) is -3.32. The smallest absolute Gasteiger partial charge is 0.326 e. The largest absolute Gasteiger partial charge is 0.480 e. The van der Waals surface area contributed by atoms with Crippen LogP contribution in [0.15, 0.2) is 12.5 Å². The molecule has 3 atom stereocenters. The zero-order chi connectivity index (χ0) is 18.8. The molecule has 0 unspecified atom stereocenters. The monoisotopic (exact) mass is 373 g/mol. The van der Waals surface area contributed by atoms with Gasteiger partial charge in [-0.1, -0.05) is 0 Å². The van der Waals surface area contributed by atoms with Crippen LogP contribution in [0.1, 0.15) is 12.1 Å². The number of aliphatic carboxylic acids is 1. The second kappa shape index (κ2) is 10.7. The third-order valence-electron chi connectivity index (χ3n) is 3.38. The number of aromatic amines is 1. The van der Waals surface area contributed by atoms with Gasteiger partial charge in [-0.15, -0.1) is 0 Å². The number of carbonyl (C=O) groups is 3. The van der Waals surface area contributed by atoms with E-state index in [2.05, 4.69) is 20.6 Å². The normalized spacial score (nSPS) is 14.4. The molecule has 25 heavy (non-hydrogen) atoms. The fraction of sp³-hybridized carbons (Fsp3) is 0.571. The number of carbonyl (C=O) groups excluding carboxylic acids is 2. The lowest BCUT2D eigenvalue weighted by Crippen LogP contribution is -2.56. The molecule has 0 fully saturated rings. The first-order valence-electron chi connectivity index (χ1n) is 7.55. The molecule has 1 rings (SSSR count). The van der Waals surface area contributed by atoms with Gasteiger partial charge < -0.3 is 31.6 Å². The molecule has 2 amide bonds. The molecule has 0 aliphatic rings. The van der Waals surface area contributed by atoms with Crippen LogP contribution in [0.5, 0.6) is 0 Å². The molecule has 1 heterocycles. The minimum absolute atomic E-state index is 0.0135. The van der Waals surface area contributed by atoms with Gasteiger partial charge in [0.25, 0.3) is 0 Å². The molecule has 0 bridgehead atoms. The summed E-state index contributed by atoms with van der Waals surface area (Å²) >= 11 is 1.53. The molecule has 0 radical (unpaired) electrons. The number of thioether (sulfide) groups is 1. The van der Waals surface area contributed by atoms with Crippen molar-refractivity contribution in [2.75, 3.05) is 18.6 Å². The van der Waals surface area contributed by atoms with Crippen LogP contribution in [0.4, 0.5) is 0 Å². The zero-order valence-corrected chi connectivity index (χ0v) is 14.6. The Morgan fingerprint density at radius 2 is 2.00 bits per heavy atom. The molecule has 11 heteroatoms. The number of amides is 2. The van der Waals surface area contributed by atoms with Gasteiger partial charge in [0, 0.05) is 18.3 Å². The van der Waals surface area contributed by atoms with Crippen LogP contribution in [-0.4, -0.2) is 74.7 Å². The summed E-state index contributed by atoms with van der Waals surface area (Å²) in [5.41, 5.74) is 6.23. The molecule has 140 valence electrons. The summed E-state index contributed by atoms with van der Waals surface area (Å²) in [7, 11) is 0. The van der Waals surface area contributed by atoms with Crippen molar-refractivity contribution in [2.45, 2.75) is 31.0 Å². The average Bonchev–Trinajstić information content (AvgIpc) is 3.09. The Bertz CT molecular complexity index is 568. The van der Waals surface area contributed by atoms with E-state index in [0.29, 0.717) is 17.9 Å².